The molecule has 2 rings (SSSR count). The summed E-state index contributed by atoms with van der Waals surface area (Å²) >= 11 is 0. The Bertz CT molecular complexity index is 384. The van der Waals surface area contributed by atoms with E-state index >= 15 is 0 Å². The molecule has 58 valence electrons. The van der Waals surface area contributed by atoms with Crippen LogP contribution in [0.15, 0.2) is 36.5 Å². The predicted octanol–water partition coefficient (Wildman–Crippen LogP) is 1.94. The Labute approximate surface area is 102 Å². The van der Waals surface area contributed by atoms with Crippen molar-refractivity contribution in [3.63, 3.8) is 0 Å². The Balaban J connectivity index is 0.000000720. The molecule has 0 saturated carbocycles. The summed E-state index contributed by atoms with van der Waals surface area (Å²) in [5.41, 5.74) is 0.662. The quantitative estimate of drug-likeness (QED) is 0.762. The van der Waals surface area contributed by atoms with Crippen molar-refractivity contribution in [2.75, 3.05) is 0 Å². The van der Waals surface area contributed by atoms with Crippen LogP contribution in [0.25, 0.3) is 10.9 Å². The summed E-state index contributed by atoms with van der Waals surface area (Å²) in [6, 6.07) is 9.13. The second-order valence-electron chi connectivity index (χ2n) is 2.35. The van der Waals surface area contributed by atoms with Gasteiger partial charge in [0.15, 0.2) is 0 Å². The van der Waals surface area contributed by atoms with Crippen LogP contribution in [0.5, 0.6) is 5.75 Å². The monoisotopic (exact) mass is 377 g/mol. The average molecular weight is 377 g/mol. The maximum Gasteiger partial charge on any atom is 0.141 e. The normalized spacial score (nSPS) is 9.33. The van der Waals surface area contributed by atoms with Crippen LogP contribution in [0.2, 0.25) is 0 Å². The number of aromatic nitrogens is 1. The van der Waals surface area contributed by atoms with Gasteiger partial charge in [-0.2, -0.15) is 0 Å². The van der Waals surface area contributed by atoms with Gasteiger partial charge in [0.25, 0.3) is 0 Å². The molecule has 0 amide bonds. The number of nitrogens with zero attached hydrogens (tertiary/aromatic N) is 1. The number of benzene rings is 1. The van der Waals surface area contributed by atoms with E-state index in [-0.39, 0.29) is 45.7 Å². The molecule has 0 unspecified atom stereocenters. The summed E-state index contributed by atoms with van der Waals surface area (Å²) in [4.78, 5) is 4.03. The fraction of sp³-hybridized carbons (Fsp3) is 0. The van der Waals surface area contributed by atoms with Gasteiger partial charge in [0.1, 0.15) is 11.3 Å². The summed E-state index contributed by atoms with van der Waals surface area (Å²) in [6.45, 7) is 0. The molecule has 3 heteroatoms. The van der Waals surface area contributed by atoms with E-state index in [1.807, 2.05) is 18.2 Å². The molecule has 1 heterocycles. The zero-order valence-corrected chi connectivity index (χ0v) is 10.5. The minimum absolute atomic E-state index is 0. The molecule has 0 radical (unpaired) electrons. The number of para-hydroxylation sites is 1. The standard InChI is InChI=1S/C9H7NO.Th/c11-8-5-1-3-7-4-2-6-10-9(7)8;/h1-6,11H;. The van der Waals surface area contributed by atoms with Crippen LogP contribution >= 0.6 is 0 Å². The molecule has 0 aliphatic rings. The second kappa shape index (κ2) is 4.12. The van der Waals surface area contributed by atoms with Crippen molar-refractivity contribution < 1.29 is 45.0 Å². The number of pyridine rings is 1. The molecule has 1 N–H and O–H groups in total. The molecule has 2 aromatic rings. The van der Waals surface area contributed by atoms with E-state index in [0.717, 1.165) is 5.39 Å². The Morgan fingerprint density at radius 3 is 2.58 bits per heavy atom. The smallest absolute Gasteiger partial charge is 0.141 e. The van der Waals surface area contributed by atoms with Crippen molar-refractivity contribution >= 4 is 10.9 Å². The van der Waals surface area contributed by atoms with Crippen LogP contribution < -0.4 is 0 Å². The van der Waals surface area contributed by atoms with Gasteiger partial charge in [-0.25, -0.2) is 0 Å². The average Bonchev–Trinajstić information content (AvgIpc) is 2.06. The maximum atomic E-state index is 9.31. The van der Waals surface area contributed by atoms with Gasteiger partial charge in [-0.05, 0) is 12.1 Å². The minimum atomic E-state index is 0. The first-order chi connectivity index (χ1) is 5.38. The van der Waals surface area contributed by atoms with Crippen molar-refractivity contribution in [3.8, 4) is 5.75 Å². The molecule has 0 aliphatic heterocycles. The van der Waals surface area contributed by atoms with Crippen molar-refractivity contribution in [1.82, 2.24) is 4.98 Å². The van der Waals surface area contributed by atoms with Crippen molar-refractivity contribution in [2.24, 2.45) is 0 Å². The van der Waals surface area contributed by atoms with Gasteiger partial charge in [0.2, 0.25) is 0 Å². The Morgan fingerprint density at radius 1 is 1.08 bits per heavy atom. The summed E-state index contributed by atoms with van der Waals surface area (Å²) in [5, 5.41) is 10.3. The number of hydrogen-bond donors (Lipinski definition) is 1. The predicted molar refractivity (Wildman–Crippen MR) is 43.4 cm³/mol. The van der Waals surface area contributed by atoms with Crippen LogP contribution in [-0.2, 0) is 0 Å². The Morgan fingerprint density at radius 2 is 1.83 bits per heavy atom. The Hall–Kier alpha value is -0.245. The molecular formula is C9H7NOTh. The van der Waals surface area contributed by atoms with Gasteiger partial charge in [0.05, 0.1) is 0 Å². The summed E-state index contributed by atoms with van der Waals surface area (Å²) in [5.74, 6) is 0.239. The third-order valence-corrected chi connectivity index (χ3v) is 1.61. The van der Waals surface area contributed by atoms with Gasteiger partial charge < -0.3 is 5.11 Å². The molecule has 0 spiro atoms. The SMILES string of the molecule is Oc1cccc2cccnc12.[Th]. The number of phenols is 1. The molecule has 12 heavy (non-hydrogen) atoms. The fourth-order valence-electron chi connectivity index (χ4n) is 1.09. The molecule has 0 atom stereocenters. The van der Waals surface area contributed by atoms with Gasteiger partial charge in [0, 0.05) is 51.5 Å². The van der Waals surface area contributed by atoms with Crippen LogP contribution in [0.1, 0.15) is 0 Å². The number of rotatable bonds is 0. The fourth-order valence-corrected chi connectivity index (χ4v) is 1.09. The van der Waals surface area contributed by atoms with E-state index in [9.17, 15) is 5.11 Å². The van der Waals surface area contributed by atoms with Gasteiger partial charge >= 0.3 is 0 Å². The van der Waals surface area contributed by atoms with E-state index in [2.05, 4.69) is 4.98 Å². The largest absolute Gasteiger partial charge is 0.506 e. The van der Waals surface area contributed by atoms with Crippen LogP contribution in [-0.4, -0.2) is 10.1 Å². The summed E-state index contributed by atoms with van der Waals surface area (Å²) in [7, 11) is 0. The van der Waals surface area contributed by atoms with E-state index < -0.39 is 0 Å². The molecule has 0 saturated heterocycles. The first-order valence-electron chi connectivity index (χ1n) is 3.40. The van der Waals surface area contributed by atoms with E-state index in [1.54, 1.807) is 18.3 Å². The third kappa shape index (κ3) is 1.74. The van der Waals surface area contributed by atoms with Gasteiger partial charge in [-0.15, -0.1) is 0 Å². The molecule has 0 aliphatic carbocycles. The van der Waals surface area contributed by atoms with E-state index in [4.69, 9.17) is 0 Å². The first kappa shape index (κ1) is 9.84. The number of hydrogen-bond acceptors (Lipinski definition) is 2. The topological polar surface area (TPSA) is 33.1 Å². The van der Waals surface area contributed by atoms with E-state index in [1.165, 1.54) is 0 Å². The molecule has 0 fully saturated rings. The molecule has 1 aromatic carbocycles. The molecule has 0 bridgehead atoms. The summed E-state index contributed by atoms with van der Waals surface area (Å²) < 4.78 is 0. The minimum Gasteiger partial charge on any atom is -0.506 e. The number of fused-ring (bicyclic) bond motifs is 1. The zero-order chi connectivity index (χ0) is 7.68. The zero-order valence-electron chi connectivity index (χ0n) is 6.36. The van der Waals surface area contributed by atoms with Gasteiger partial charge in [-0.1, -0.05) is 18.2 Å². The second-order valence-corrected chi connectivity index (χ2v) is 2.35. The van der Waals surface area contributed by atoms with Crippen molar-refractivity contribution in [1.29, 1.82) is 0 Å². The van der Waals surface area contributed by atoms with Crippen molar-refractivity contribution in [2.45, 2.75) is 0 Å². The number of aromatic hydroxyl groups is 1. The molecule has 1 aromatic heterocycles. The maximum absolute atomic E-state index is 9.31. The molecule has 2 nitrogen and oxygen atoms in total. The first-order valence-corrected chi connectivity index (χ1v) is 3.40. The van der Waals surface area contributed by atoms with E-state index in [0.29, 0.717) is 5.52 Å². The van der Waals surface area contributed by atoms with Crippen molar-refractivity contribution in [3.05, 3.63) is 36.5 Å². The van der Waals surface area contributed by atoms with Crippen LogP contribution in [0.4, 0.5) is 0 Å². The van der Waals surface area contributed by atoms with Crippen LogP contribution in [0.3, 0.4) is 0 Å². The summed E-state index contributed by atoms with van der Waals surface area (Å²) in [6.07, 6.45) is 1.67. The third-order valence-electron chi connectivity index (χ3n) is 1.61. The number of phenolic OH excluding ortho intramolecular Hbond substituents is 1. The Kier molecular flexibility index (Phi) is 3.38. The van der Waals surface area contributed by atoms with Gasteiger partial charge in [-0.3, -0.25) is 4.98 Å². The molecular weight excluding hydrogens is 370 g/mol. The van der Waals surface area contributed by atoms with Crippen LogP contribution in [0, 0.1) is 39.9 Å².